The van der Waals surface area contributed by atoms with Crippen LogP contribution in [-0.2, 0) is 5.54 Å². The summed E-state index contributed by atoms with van der Waals surface area (Å²) in [5, 5.41) is 16.0. The molecule has 1 aromatic carbocycles. The average molecular weight is 337 g/mol. The van der Waals surface area contributed by atoms with E-state index in [9.17, 15) is 5.11 Å². The number of nitrogens with zero attached hydrogens (tertiary/aromatic N) is 2. The minimum Gasteiger partial charge on any atom is -0.394 e. The summed E-state index contributed by atoms with van der Waals surface area (Å²) in [7, 11) is 1.79. The molecule has 0 aliphatic rings. The van der Waals surface area contributed by atoms with Gasteiger partial charge in [0.15, 0.2) is 0 Å². The molecule has 0 fully saturated rings. The van der Waals surface area contributed by atoms with Crippen molar-refractivity contribution in [1.29, 1.82) is 0 Å². The van der Waals surface area contributed by atoms with Crippen molar-refractivity contribution in [2.24, 2.45) is 0 Å². The van der Waals surface area contributed by atoms with Gasteiger partial charge in [-0.3, -0.25) is 0 Å². The number of aliphatic hydroxyl groups is 1. The minimum absolute atomic E-state index is 0.0532. The molecule has 1 unspecified atom stereocenters. The van der Waals surface area contributed by atoms with Gasteiger partial charge in [0, 0.05) is 7.05 Å². The molecule has 0 saturated heterocycles. The van der Waals surface area contributed by atoms with Crippen LogP contribution in [0, 0.1) is 0 Å². The van der Waals surface area contributed by atoms with Gasteiger partial charge in [-0.1, -0.05) is 30.3 Å². The Morgan fingerprint density at radius 1 is 1.20 bits per heavy atom. The maximum absolute atomic E-state index is 9.78. The van der Waals surface area contributed by atoms with Crippen LogP contribution in [0.15, 0.2) is 41.1 Å². The Morgan fingerprint density at radius 3 is 2.45 bits per heavy atom. The summed E-state index contributed by atoms with van der Waals surface area (Å²) < 4.78 is 0.734. The number of aliphatic hydroxyl groups excluding tert-OH is 1. The minimum atomic E-state index is -0.622. The molecule has 3 N–H and O–H groups in total. The molecule has 0 saturated carbocycles. The highest BCUT2D eigenvalue weighted by Crippen LogP contribution is 2.31. The second-order valence-electron chi connectivity index (χ2n) is 4.62. The summed E-state index contributed by atoms with van der Waals surface area (Å²) in [5.41, 5.74) is 0.363. The van der Waals surface area contributed by atoms with E-state index in [-0.39, 0.29) is 6.61 Å². The van der Waals surface area contributed by atoms with Crippen LogP contribution in [0.1, 0.15) is 12.5 Å². The highest BCUT2D eigenvalue weighted by atomic mass is 79.9. The lowest BCUT2D eigenvalue weighted by Gasteiger charge is -2.30. The second-order valence-corrected chi connectivity index (χ2v) is 5.41. The van der Waals surface area contributed by atoms with Crippen molar-refractivity contribution in [2.45, 2.75) is 12.5 Å². The van der Waals surface area contributed by atoms with E-state index in [2.05, 4.69) is 36.5 Å². The molecule has 0 amide bonds. The van der Waals surface area contributed by atoms with E-state index < -0.39 is 5.54 Å². The van der Waals surface area contributed by atoms with Crippen LogP contribution in [0.5, 0.6) is 0 Å². The third-order valence-corrected chi connectivity index (χ3v) is 3.90. The summed E-state index contributed by atoms with van der Waals surface area (Å²) >= 11 is 3.46. The molecule has 0 aliphatic carbocycles. The molecule has 0 radical (unpaired) electrons. The Balaban J connectivity index is 2.36. The largest absolute Gasteiger partial charge is 0.394 e. The van der Waals surface area contributed by atoms with E-state index in [1.165, 1.54) is 6.33 Å². The van der Waals surface area contributed by atoms with Crippen molar-refractivity contribution in [1.82, 2.24) is 9.97 Å². The fraction of sp³-hybridized carbons (Fsp3) is 0.286. The molecular formula is C14H17BrN4O. The molecule has 0 aliphatic heterocycles. The van der Waals surface area contributed by atoms with Gasteiger partial charge in [-0.15, -0.1) is 0 Å². The van der Waals surface area contributed by atoms with E-state index in [1.54, 1.807) is 7.05 Å². The number of rotatable bonds is 5. The molecule has 20 heavy (non-hydrogen) atoms. The van der Waals surface area contributed by atoms with Crippen LogP contribution in [0.2, 0.25) is 0 Å². The van der Waals surface area contributed by atoms with Gasteiger partial charge < -0.3 is 15.7 Å². The molecule has 1 heterocycles. The van der Waals surface area contributed by atoms with Crippen molar-refractivity contribution < 1.29 is 5.11 Å². The first kappa shape index (κ1) is 14.7. The van der Waals surface area contributed by atoms with Gasteiger partial charge in [0.2, 0.25) is 0 Å². The van der Waals surface area contributed by atoms with E-state index in [0.717, 1.165) is 10.0 Å². The second kappa shape index (κ2) is 6.19. The van der Waals surface area contributed by atoms with Gasteiger partial charge in [0.25, 0.3) is 0 Å². The standard InChI is InChI=1S/C14H17BrN4O/c1-14(8-20,10-6-4-3-5-7-10)19-13-11(15)12(16-2)17-9-18-13/h3-7,9,20H,8H2,1-2H3,(H2,16,17,18,19). The van der Waals surface area contributed by atoms with Crippen LogP contribution >= 0.6 is 15.9 Å². The van der Waals surface area contributed by atoms with Gasteiger partial charge in [0.1, 0.15) is 22.4 Å². The lowest BCUT2D eigenvalue weighted by Crippen LogP contribution is -2.36. The van der Waals surface area contributed by atoms with Crippen molar-refractivity contribution >= 4 is 27.6 Å². The van der Waals surface area contributed by atoms with Crippen molar-refractivity contribution in [3.63, 3.8) is 0 Å². The predicted molar refractivity (Wildman–Crippen MR) is 83.8 cm³/mol. The Morgan fingerprint density at radius 2 is 1.85 bits per heavy atom. The fourth-order valence-corrected chi connectivity index (χ4v) is 2.40. The Hall–Kier alpha value is -1.66. The normalized spacial score (nSPS) is 13.6. The van der Waals surface area contributed by atoms with Gasteiger partial charge in [-0.05, 0) is 28.4 Å². The maximum atomic E-state index is 9.78. The zero-order chi connectivity index (χ0) is 14.6. The molecule has 2 rings (SSSR count). The molecule has 0 bridgehead atoms. The summed E-state index contributed by atoms with van der Waals surface area (Å²) in [6.45, 7) is 1.87. The van der Waals surface area contributed by atoms with Gasteiger partial charge in [-0.2, -0.15) is 0 Å². The molecular weight excluding hydrogens is 320 g/mol. The number of hydrogen-bond acceptors (Lipinski definition) is 5. The summed E-state index contributed by atoms with van der Waals surface area (Å²) in [6, 6.07) is 9.77. The average Bonchev–Trinajstić information content (AvgIpc) is 2.50. The Labute approximate surface area is 126 Å². The van der Waals surface area contributed by atoms with E-state index in [0.29, 0.717) is 11.6 Å². The number of benzene rings is 1. The smallest absolute Gasteiger partial charge is 0.146 e. The van der Waals surface area contributed by atoms with Crippen molar-refractivity contribution in [2.75, 3.05) is 24.3 Å². The lowest BCUT2D eigenvalue weighted by molar-refractivity contribution is 0.223. The van der Waals surface area contributed by atoms with E-state index >= 15 is 0 Å². The highest BCUT2D eigenvalue weighted by molar-refractivity contribution is 9.10. The fourth-order valence-electron chi connectivity index (χ4n) is 1.90. The Bertz CT molecular complexity index is 579. The van der Waals surface area contributed by atoms with Gasteiger partial charge >= 0.3 is 0 Å². The lowest BCUT2D eigenvalue weighted by atomic mass is 9.93. The van der Waals surface area contributed by atoms with Crippen molar-refractivity contribution in [3.8, 4) is 0 Å². The first-order valence-corrected chi connectivity index (χ1v) is 7.03. The van der Waals surface area contributed by atoms with Gasteiger partial charge in [-0.25, -0.2) is 9.97 Å². The first-order valence-electron chi connectivity index (χ1n) is 6.23. The predicted octanol–water partition coefficient (Wildman–Crippen LogP) is 2.60. The quantitative estimate of drug-likeness (QED) is 0.782. The highest BCUT2D eigenvalue weighted by Gasteiger charge is 2.27. The summed E-state index contributed by atoms with van der Waals surface area (Å²) in [6.07, 6.45) is 1.47. The van der Waals surface area contributed by atoms with Crippen molar-refractivity contribution in [3.05, 3.63) is 46.7 Å². The molecule has 1 atom stereocenters. The summed E-state index contributed by atoms with van der Waals surface area (Å²) in [4.78, 5) is 8.34. The SMILES string of the molecule is CNc1ncnc(NC(C)(CO)c2ccccc2)c1Br. The number of aromatic nitrogens is 2. The van der Waals surface area contributed by atoms with Crippen LogP contribution in [0.3, 0.4) is 0 Å². The number of hydrogen-bond donors (Lipinski definition) is 3. The zero-order valence-corrected chi connectivity index (χ0v) is 13.0. The van der Waals surface area contributed by atoms with Gasteiger partial charge in [0.05, 0.1) is 12.1 Å². The van der Waals surface area contributed by atoms with Crippen LogP contribution in [-0.4, -0.2) is 28.7 Å². The van der Waals surface area contributed by atoms with Crippen LogP contribution < -0.4 is 10.6 Å². The van der Waals surface area contributed by atoms with Crippen LogP contribution in [0.25, 0.3) is 0 Å². The first-order chi connectivity index (χ1) is 9.60. The zero-order valence-electron chi connectivity index (χ0n) is 11.4. The number of halogens is 1. The topological polar surface area (TPSA) is 70.1 Å². The number of nitrogens with one attached hydrogen (secondary N) is 2. The summed E-state index contributed by atoms with van der Waals surface area (Å²) in [5.74, 6) is 1.32. The molecule has 5 nitrogen and oxygen atoms in total. The van der Waals surface area contributed by atoms with Crippen LogP contribution in [0.4, 0.5) is 11.6 Å². The third-order valence-electron chi connectivity index (χ3n) is 3.15. The molecule has 2 aromatic rings. The third kappa shape index (κ3) is 2.91. The van der Waals surface area contributed by atoms with E-state index in [4.69, 9.17) is 0 Å². The number of anilines is 2. The maximum Gasteiger partial charge on any atom is 0.146 e. The molecule has 1 aromatic heterocycles. The molecule has 0 spiro atoms. The monoisotopic (exact) mass is 336 g/mol. The Kier molecular flexibility index (Phi) is 4.57. The molecule has 106 valence electrons. The van der Waals surface area contributed by atoms with E-state index in [1.807, 2.05) is 37.3 Å². The molecule has 6 heteroatoms.